The van der Waals surface area contributed by atoms with E-state index in [2.05, 4.69) is 5.10 Å². The summed E-state index contributed by atoms with van der Waals surface area (Å²) >= 11 is 0. The van der Waals surface area contributed by atoms with E-state index in [-0.39, 0.29) is 18.7 Å². The van der Waals surface area contributed by atoms with Crippen LogP contribution >= 0.6 is 0 Å². The SMILES string of the molecule is Cc1nn(C)c(C)c1S(=O)(=O)N1CC(CN)OCC1C. The minimum absolute atomic E-state index is 0.207. The number of ether oxygens (including phenoxy) is 1. The third-order valence-electron chi connectivity index (χ3n) is 3.72. The highest BCUT2D eigenvalue weighted by atomic mass is 32.2. The third-order valence-corrected chi connectivity index (χ3v) is 5.95. The lowest BCUT2D eigenvalue weighted by Crippen LogP contribution is -2.52. The molecular weight excluding hydrogens is 280 g/mol. The zero-order chi connectivity index (χ0) is 15.1. The van der Waals surface area contributed by atoms with E-state index in [1.165, 1.54) is 4.31 Å². The highest BCUT2D eigenvalue weighted by Gasteiger charge is 2.37. The van der Waals surface area contributed by atoms with E-state index in [0.29, 0.717) is 29.4 Å². The van der Waals surface area contributed by atoms with E-state index >= 15 is 0 Å². The van der Waals surface area contributed by atoms with Crippen LogP contribution in [0, 0.1) is 13.8 Å². The fourth-order valence-electron chi connectivity index (χ4n) is 2.51. The van der Waals surface area contributed by atoms with Gasteiger partial charge >= 0.3 is 0 Å². The molecule has 0 aromatic carbocycles. The number of sulfonamides is 1. The Bertz CT molecular complexity index is 596. The number of aromatic nitrogens is 2. The normalized spacial score (nSPS) is 25.1. The van der Waals surface area contributed by atoms with Gasteiger partial charge in [-0.25, -0.2) is 8.42 Å². The maximum Gasteiger partial charge on any atom is 0.247 e. The molecule has 1 aliphatic heterocycles. The van der Waals surface area contributed by atoms with E-state index in [9.17, 15) is 8.42 Å². The second kappa shape index (κ2) is 5.44. The number of rotatable bonds is 3. The Labute approximate surface area is 119 Å². The summed E-state index contributed by atoms with van der Waals surface area (Å²) in [6.07, 6.45) is -0.252. The van der Waals surface area contributed by atoms with Crippen molar-refractivity contribution in [1.29, 1.82) is 0 Å². The summed E-state index contributed by atoms with van der Waals surface area (Å²) in [5.74, 6) is 0. The zero-order valence-corrected chi connectivity index (χ0v) is 13.1. The molecule has 2 heterocycles. The number of nitrogens with two attached hydrogens (primary N) is 1. The average Bonchev–Trinajstić information content (AvgIpc) is 2.64. The Morgan fingerprint density at radius 3 is 2.60 bits per heavy atom. The molecule has 0 spiro atoms. The summed E-state index contributed by atoms with van der Waals surface area (Å²) < 4.78 is 34.4. The average molecular weight is 302 g/mol. The first-order valence-electron chi connectivity index (χ1n) is 6.62. The van der Waals surface area contributed by atoms with Crippen LogP contribution in [0.1, 0.15) is 18.3 Å². The maximum absolute atomic E-state index is 12.9. The molecule has 0 amide bonds. The molecule has 8 heteroatoms. The molecule has 114 valence electrons. The van der Waals surface area contributed by atoms with Crippen molar-refractivity contribution in [1.82, 2.24) is 14.1 Å². The minimum Gasteiger partial charge on any atom is -0.374 e. The summed E-state index contributed by atoms with van der Waals surface area (Å²) in [6.45, 7) is 6.27. The van der Waals surface area contributed by atoms with Crippen LogP contribution in [-0.4, -0.2) is 54.3 Å². The van der Waals surface area contributed by atoms with Gasteiger partial charge in [0.1, 0.15) is 4.90 Å². The van der Waals surface area contributed by atoms with Crippen molar-refractivity contribution in [2.75, 3.05) is 19.7 Å². The first-order chi connectivity index (χ1) is 9.28. The van der Waals surface area contributed by atoms with Gasteiger partial charge in [-0.1, -0.05) is 0 Å². The fraction of sp³-hybridized carbons (Fsp3) is 0.750. The fourth-order valence-corrected chi connectivity index (χ4v) is 4.57. The second-order valence-electron chi connectivity index (χ2n) is 5.24. The Hall–Kier alpha value is -0.960. The van der Waals surface area contributed by atoms with Gasteiger partial charge in [-0.05, 0) is 20.8 Å². The van der Waals surface area contributed by atoms with E-state index in [0.717, 1.165) is 0 Å². The van der Waals surface area contributed by atoms with Crippen LogP contribution in [0.15, 0.2) is 4.90 Å². The highest BCUT2D eigenvalue weighted by Crippen LogP contribution is 2.26. The molecule has 0 aliphatic carbocycles. The van der Waals surface area contributed by atoms with Gasteiger partial charge in [0.15, 0.2) is 0 Å². The molecule has 0 saturated carbocycles. The van der Waals surface area contributed by atoms with Crippen LogP contribution in [0.3, 0.4) is 0 Å². The van der Waals surface area contributed by atoms with E-state index in [1.807, 2.05) is 6.92 Å². The van der Waals surface area contributed by atoms with Crippen LogP contribution in [0.5, 0.6) is 0 Å². The van der Waals surface area contributed by atoms with Crippen molar-refractivity contribution in [3.05, 3.63) is 11.4 Å². The highest BCUT2D eigenvalue weighted by molar-refractivity contribution is 7.89. The first kappa shape index (κ1) is 15.4. The lowest BCUT2D eigenvalue weighted by molar-refractivity contribution is -0.0219. The van der Waals surface area contributed by atoms with Gasteiger partial charge in [0.05, 0.1) is 24.1 Å². The second-order valence-corrected chi connectivity index (χ2v) is 7.07. The van der Waals surface area contributed by atoms with Gasteiger partial charge in [-0.2, -0.15) is 9.40 Å². The summed E-state index contributed by atoms with van der Waals surface area (Å²) in [7, 11) is -1.84. The van der Waals surface area contributed by atoms with E-state index < -0.39 is 10.0 Å². The molecule has 1 fully saturated rings. The van der Waals surface area contributed by atoms with Crippen molar-refractivity contribution in [3.63, 3.8) is 0 Å². The van der Waals surface area contributed by atoms with Gasteiger partial charge in [-0.15, -0.1) is 0 Å². The molecule has 2 N–H and O–H groups in total. The standard InChI is InChI=1S/C12H22N4O3S/c1-8-7-19-11(5-13)6-16(8)20(17,18)12-9(2)14-15(4)10(12)3/h8,11H,5-7,13H2,1-4H3. The van der Waals surface area contributed by atoms with Gasteiger partial charge in [0.25, 0.3) is 0 Å². The Balaban J connectivity index is 2.43. The lowest BCUT2D eigenvalue weighted by Gasteiger charge is -2.36. The number of nitrogens with zero attached hydrogens (tertiary/aromatic N) is 3. The number of hydrogen-bond donors (Lipinski definition) is 1. The van der Waals surface area contributed by atoms with Crippen molar-refractivity contribution in [3.8, 4) is 0 Å². The first-order valence-corrected chi connectivity index (χ1v) is 8.06. The number of aryl methyl sites for hydroxylation is 2. The predicted molar refractivity (Wildman–Crippen MR) is 74.8 cm³/mol. The summed E-state index contributed by atoms with van der Waals surface area (Å²) in [4.78, 5) is 0.296. The van der Waals surface area contributed by atoms with Gasteiger partial charge in [0.2, 0.25) is 10.0 Å². The molecule has 0 radical (unpaired) electrons. The minimum atomic E-state index is -3.58. The van der Waals surface area contributed by atoms with E-state index in [4.69, 9.17) is 10.5 Å². The number of morpholine rings is 1. The molecule has 2 atom stereocenters. The summed E-state index contributed by atoms with van der Waals surface area (Å²) in [5, 5.41) is 4.19. The smallest absolute Gasteiger partial charge is 0.247 e. The molecule has 0 bridgehead atoms. The van der Waals surface area contributed by atoms with Crippen molar-refractivity contribution >= 4 is 10.0 Å². The molecular formula is C12H22N4O3S. The van der Waals surface area contributed by atoms with Crippen LogP contribution < -0.4 is 5.73 Å². The molecule has 7 nitrogen and oxygen atoms in total. The topological polar surface area (TPSA) is 90.5 Å². The van der Waals surface area contributed by atoms with E-state index in [1.54, 1.807) is 25.6 Å². The van der Waals surface area contributed by atoms with Crippen molar-refractivity contribution in [2.45, 2.75) is 37.8 Å². The largest absolute Gasteiger partial charge is 0.374 e. The molecule has 1 saturated heterocycles. The third kappa shape index (κ3) is 2.48. The molecule has 2 unspecified atom stereocenters. The molecule has 1 aromatic heterocycles. The van der Waals surface area contributed by atoms with Crippen LogP contribution in [0.2, 0.25) is 0 Å². The Morgan fingerprint density at radius 1 is 1.45 bits per heavy atom. The van der Waals surface area contributed by atoms with Crippen LogP contribution in [0.4, 0.5) is 0 Å². The zero-order valence-electron chi connectivity index (χ0n) is 12.3. The molecule has 2 rings (SSSR count). The molecule has 1 aromatic rings. The quantitative estimate of drug-likeness (QED) is 0.833. The Morgan fingerprint density at radius 2 is 2.10 bits per heavy atom. The van der Waals surface area contributed by atoms with Gasteiger partial charge in [0, 0.05) is 26.2 Å². The predicted octanol–water partition coefficient (Wildman–Crippen LogP) is -0.226. The number of hydrogen-bond acceptors (Lipinski definition) is 5. The lowest BCUT2D eigenvalue weighted by atomic mass is 10.2. The van der Waals surface area contributed by atoms with Crippen LogP contribution in [-0.2, 0) is 21.8 Å². The van der Waals surface area contributed by atoms with Gasteiger partial charge < -0.3 is 10.5 Å². The van der Waals surface area contributed by atoms with Crippen LogP contribution in [0.25, 0.3) is 0 Å². The monoisotopic (exact) mass is 302 g/mol. The van der Waals surface area contributed by atoms with Crippen molar-refractivity contribution in [2.24, 2.45) is 12.8 Å². The summed E-state index contributed by atoms with van der Waals surface area (Å²) in [5.41, 5.74) is 6.76. The van der Waals surface area contributed by atoms with Gasteiger partial charge in [-0.3, -0.25) is 4.68 Å². The Kier molecular flexibility index (Phi) is 4.19. The molecule has 20 heavy (non-hydrogen) atoms. The van der Waals surface area contributed by atoms with Crippen molar-refractivity contribution < 1.29 is 13.2 Å². The maximum atomic E-state index is 12.9. The summed E-state index contributed by atoms with van der Waals surface area (Å²) in [6, 6.07) is -0.207. The molecule has 1 aliphatic rings.